The fraction of sp³-hybridized carbons (Fsp3) is 0.375. The van der Waals surface area contributed by atoms with E-state index in [1.54, 1.807) is 18.2 Å². The minimum Gasteiger partial charge on any atom is -0.454 e. The van der Waals surface area contributed by atoms with Crippen molar-refractivity contribution in [3.05, 3.63) is 48.0 Å². The lowest BCUT2D eigenvalue weighted by atomic mass is 10.2. The van der Waals surface area contributed by atoms with Gasteiger partial charge in [-0.3, -0.25) is 0 Å². The number of hydrogen-bond acceptors (Lipinski definition) is 12. The normalized spacial score (nSPS) is 12.3. The van der Waals surface area contributed by atoms with Crippen molar-refractivity contribution < 1.29 is 36.9 Å². The van der Waals surface area contributed by atoms with E-state index in [1.165, 1.54) is 24.3 Å². The second kappa shape index (κ2) is 13.6. The Morgan fingerprint density at radius 1 is 0.821 bits per heavy atom. The highest BCUT2D eigenvalue weighted by Crippen LogP contribution is 2.35. The number of aromatic nitrogens is 3. The van der Waals surface area contributed by atoms with Crippen LogP contribution in [0.15, 0.2) is 42.5 Å². The van der Waals surface area contributed by atoms with E-state index in [0.29, 0.717) is 62.3 Å². The van der Waals surface area contributed by atoms with Gasteiger partial charge in [0.15, 0.2) is 11.5 Å². The number of hydrogen-bond donors (Lipinski definition) is 4. The monoisotopic (exact) mass is 551 g/mol. The second-order valence-electron chi connectivity index (χ2n) is 7.98. The Morgan fingerprint density at radius 2 is 1.51 bits per heavy atom. The van der Waals surface area contributed by atoms with E-state index in [2.05, 4.69) is 35.6 Å². The molecular formula is C24H28F3N7O5. The molecule has 1 aliphatic heterocycles. The first kappa shape index (κ1) is 27.9. The minimum absolute atomic E-state index is 0.150. The molecule has 15 heteroatoms. The molecule has 2 heterocycles. The van der Waals surface area contributed by atoms with E-state index in [4.69, 9.17) is 24.7 Å². The number of nitrogens with one attached hydrogen (secondary N) is 3. The first-order valence-electron chi connectivity index (χ1n) is 12.0. The van der Waals surface area contributed by atoms with E-state index < -0.39 is 6.36 Å². The highest BCUT2D eigenvalue weighted by atomic mass is 19.4. The summed E-state index contributed by atoms with van der Waals surface area (Å²) in [4.78, 5) is 13.2. The molecule has 0 radical (unpaired) electrons. The first-order valence-corrected chi connectivity index (χ1v) is 12.0. The van der Waals surface area contributed by atoms with Gasteiger partial charge >= 0.3 is 6.36 Å². The van der Waals surface area contributed by atoms with Crippen LogP contribution >= 0.6 is 0 Å². The van der Waals surface area contributed by atoms with Gasteiger partial charge in [-0.05, 0) is 29.8 Å². The zero-order valence-corrected chi connectivity index (χ0v) is 20.8. The summed E-state index contributed by atoms with van der Waals surface area (Å²) in [5.74, 6) is 1.70. The van der Waals surface area contributed by atoms with Gasteiger partial charge < -0.3 is 45.4 Å². The summed E-state index contributed by atoms with van der Waals surface area (Å²) in [6, 6.07) is 10.8. The molecule has 3 aromatic rings. The van der Waals surface area contributed by atoms with Crippen molar-refractivity contribution in [3.8, 4) is 17.2 Å². The van der Waals surface area contributed by atoms with Crippen LogP contribution in [0.25, 0.3) is 0 Å². The lowest BCUT2D eigenvalue weighted by Gasteiger charge is -2.12. The molecule has 1 aromatic heterocycles. The standard InChI is InChI=1S/C24H28F3N7O5/c25-24(26,27)39-18-4-1-16(2-5-18)14-30-22-32-21(29-8-10-36-12-11-35-9-7-28)33-23(34-22)31-17-3-6-19-20(13-17)38-15-37-19/h1-6,13H,7-12,14-15,28H2,(H3,29,30,31,32,33,34). The summed E-state index contributed by atoms with van der Waals surface area (Å²) in [5.41, 5.74) is 6.73. The molecule has 39 heavy (non-hydrogen) atoms. The Morgan fingerprint density at radius 3 is 2.26 bits per heavy atom. The summed E-state index contributed by atoms with van der Waals surface area (Å²) in [5, 5.41) is 9.26. The van der Waals surface area contributed by atoms with Gasteiger partial charge in [0, 0.05) is 31.4 Å². The van der Waals surface area contributed by atoms with E-state index in [0.717, 1.165) is 0 Å². The van der Waals surface area contributed by atoms with Gasteiger partial charge in [-0.15, -0.1) is 13.2 Å². The molecule has 0 unspecified atom stereocenters. The Labute approximate surface area is 222 Å². The molecule has 0 aliphatic carbocycles. The van der Waals surface area contributed by atoms with Crippen molar-refractivity contribution in [1.29, 1.82) is 0 Å². The Hall–Kier alpha value is -4.08. The van der Waals surface area contributed by atoms with Crippen LogP contribution in [0.3, 0.4) is 0 Å². The lowest BCUT2D eigenvalue weighted by molar-refractivity contribution is -0.274. The summed E-state index contributed by atoms with van der Waals surface area (Å²) in [7, 11) is 0. The first-order chi connectivity index (χ1) is 18.9. The summed E-state index contributed by atoms with van der Waals surface area (Å²) in [6.45, 7) is 3.01. The Balaban J connectivity index is 1.39. The zero-order chi connectivity index (χ0) is 27.5. The summed E-state index contributed by atoms with van der Waals surface area (Å²) >= 11 is 0. The van der Waals surface area contributed by atoms with Crippen LogP contribution in [-0.2, 0) is 16.0 Å². The number of nitrogens with zero attached hydrogens (tertiary/aromatic N) is 3. The predicted octanol–water partition coefficient (Wildman–Crippen LogP) is 3.26. The van der Waals surface area contributed by atoms with E-state index in [9.17, 15) is 13.2 Å². The third-order valence-electron chi connectivity index (χ3n) is 5.04. The van der Waals surface area contributed by atoms with Crippen molar-refractivity contribution in [2.24, 2.45) is 5.73 Å². The minimum atomic E-state index is -4.75. The molecule has 2 aromatic carbocycles. The van der Waals surface area contributed by atoms with Gasteiger partial charge in [0.05, 0.1) is 26.4 Å². The van der Waals surface area contributed by atoms with Crippen LogP contribution in [0.2, 0.25) is 0 Å². The van der Waals surface area contributed by atoms with E-state index in [-0.39, 0.29) is 36.9 Å². The molecule has 0 fully saturated rings. The SMILES string of the molecule is NCCOCCOCCNc1nc(NCc2ccc(OC(F)(F)F)cc2)nc(Nc2ccc3c(c2)OCO3)n1. The van der Waals surface area contributed by atoms with Gasteiger partial charge in [0.1, 0.15) is 5.75 Å². The molecule has 0 spiro atoms. The molecule has 0 amide bonds. The van der Waals surface area contributed by atoms with Gasteiger partial charge in [-0.1, -0.05) is 12.1 Å². The number of rotatable bonds is 15. The van der Waals surface area contributed by atoms with E-state index >= 15 is 0 Å². The quantitative estimate of drug-likeness (QED) is 0.206. The predicted molar refractivity (Wildman–Crippen MR) is 135 cm³/mol. The Bertz CT molecular complexity index is 1200. The van der Waals surface area contributed by atoms with Gasteiger partial charge in [0.2, 0.25) is 24.6 Å². The lowest BCUT2D eigenvalue weighted by Crippen LogP contribution is -2.17. The molecule has 4 rings (SSSR count). The molecule has 0 atom stereocenters. The largest absolute Gasteiger partial charge is 0.573 e. The number of ether oxygens (including phenoxy) is 5. The van der Waals surface area contributed by atoms with E-state index in [1.807, 2.05) is 0 Å². The topological polar surface area (TPSA) is 147 Å². The van der Waals surface area contributed by atoms with Crippen LogP contribution in [-0.4, -0.2) is 67.6 Å². The number of nitrogens with two attached hydrogens (primary N) is 1. The number of benzene rings is 2. The van der Waals surface area contributed by atoms with Crippen LogP contribution in [0, 0.1) is 0 Å². The van der Waals surface area contributed by atoms with Crippen molar-refractivity contribution in [2.75, 3.05) is 62.3 Å². The number of anilines is 4. The third-order valence-corrected chi connectivity index (χ3v) is 5.04. The number of fused-ring (bicyclic) bond motifs is 1. The molecular weight excluding hydrogens is 523 g/mol. The maximum absolute atomic E-state index is 12.4. The van der Waals surface area contributed by atoms with Gasteiger partial charge in [-0.25, -0.2) is 0 Å². The maximum atomic E-state index is 12.4. The maximum Gasteiger partial charge on any atom is 0.573 e. The molecule has 12 nitrogen and oxygen atoms in total. The van der Waals surface area contributed by atoms with Crippen molar-refractivity contribution >= 4 is 23.5 Å². The zero-order valence-electron chi connectivity index (χ0n) is 20.8. The second-order valence-corrected chi connectivity index (χ2v) is 7.98. The molecule has 1 aliphatic rings. The summed E-state index contributed by atoms with van der Waals surface area (Å²) < 4.78 is 62.6. The van der Waals surface area contributed by atoms with Crippen LogP contribution in [0.5, 0.6) is 17.2 Å². The number of halogens is 3. The van der Waals surface area contributed by atoms with Crippen LogP contribution in [0.1, 0.15) is 5.56 Å². The van der Waals surface area contributed by atoms with Crippen LogP contribution < -0.4 is 35.9 Å². The fourth-order valence-corrected chi connectivity index (χ4v) is 3.32. The highest BCUT2D eigenvalue weighted by molar-refractivity contribution is 5.61. The van der Waals surface area contributed by atoms with Crippen molar-refractivity contribution in [2.45, 2.75) is 12.9 Å². The van der Waals surface area contributed by atoms with Crippen molar-refractivity contribution in [3.63, 3.8) is 0 Å². The average Bonchev–Trinajstić information content (AvgIpc) is 3.37. The molecule has 0 bridgehead atoms. The van der Waals surface area contributed by atoms with Crippen LogP contribution in [0.4, 0.5) is 36.7 Å². The third kappa shape index (κ3) is 9.31. The molecule has 0 saturated heterocycles. The molecule has 210 valence electrons. The fourth-order valence-electron chi connectivity index (χ4n) is 3.32. The Kier molecular flexibility index (Phi) is 9.77. The van der Waals surface area contributed by atoms with Gasteiger partial charge in [-0.2, -0.15) is 15.0 Å². The molecule has 0 saturated carbocycles. The van der Waals surface area contributed by atoms with Crippen molar-refractivity contribution in [1.82, 2.24) is 15.0 Å². The smallest absolute Gasteiger partial charge is 0.454 e. The summed E-state index contributed by atoms with van der Waals surface area (Å²) in [6.07, 6.45) is -4.75. The molecule has 5 N–H and O–H groups in total. The van der Waals surface area contributed by atoms with Gasteiger partial charge in [0.25, 0.3) is 0 Å². The average molecular weight is 552 g/mol. The number of alkyl halides is 3. The highest BCUT2D eigenvalue weighted by Gasteiger charge is 2.30.